The molecule has 40 heavy (non-hydrogen) atoms. The van der Waals surface area contributed by atoms with Gasteiger partial charge in [0.25, 0.3) is 0 Å². The van der Waals surface area contributed by atoms with Crippen molar-refractivity contribution in [1.29, 1.82) is 0 Å². The van der Waals surface area contributed by atoms with Gasteiger partial charge in [0, 0.05) is 12.5 Å². The molecule has 0 aromatic heterocycles. The minimum absolute atomic E-state index is 0.0135. The van der Waals surface area contributed by atoms with Crippen LogP contribution in [0.5, 0.6) is 5.75 Å². The molecule has 0 aliphatic heterocycles. The fourth-order valence-electron chi connectivity index (χ4n) is 5.25. The second-order valence-electron chi connectivity index (χ2n) is 10.7. The van der Waals surface area contributed by atoms with Gasteiger partial charge < -0.3 is 25.2 Å². The summed E-state index contributed by atoms with van der Waals surface area (Å²) in [5.74, 6) is 0.0777. The highest BCUT2D eigenvalue weighted by Crippen LogP contribution is 2.29. The van der Waals surface area contributed by atoms with Gasteiger partial charge in [0.15, 0.2) is 0 Å². The number of nitrogens with one attached hydrogen (secondary N) is 2. The number of rotatable bonds is 15. The Morgan fingerprint density at radius 2 is 1.57 bits per heavy atom. The standard InChI is InChI=1S/C32H44N2O6/c1-23-13-15-26(16-14-23)40-20-19-31(37)34-28(21-24-9-5-3-6-10-24)29(35)22-27(25-11-7-4-8-12-25)33-30(36)17-18-32(38)39-2/h3,5-6,9-10,13-16,25,27-29,35H,4,7-8,11-12,17-22H2,1-2H3,(H,33,36)(H,34,37)/t27-,28+,29+/m1/s1. The maximum absolute atomic E-state index is 12.9. The van der Waals surface area contributed by atoms with Gasteiger partial charge >= 0.3 is 5.97 Å². The minimum Gasteiger partial charge on any atom is -0.493 e. The molecule has 3 rings (SSSR count). The lowest BCUT2D eigenvalue weighted by atomic mass is 9.80. The van der Waals surface area contributed by atoms with Crippen LogP contribution >= 0.6 is 0 Å². The third-order valence-corrected chi connectivity index (χ3v) is 7.57. The summed E-state index contributed by atoms with van der Waals surface area (Å²) in [6, 6.07) is 16.6. The van der Waals surface area contributed by atoms with Crippen LogP contribution in [-0.2, 0) is 25.5 Å². The summed E-state index contributed by atoms with van der Waals surface area (Å²) in [6.07, 6.45) is 5.38. The van der Waals surface area contributed by atoms with Crippen molar-refractivity contribution in [2.45, 2.75) is 89.3 Å². The molecule has 218 valence electrons. The van der Waals surface area contributed by atoms with Crippen LogP contribution in [0.1, 0.15) is 68.9 Å². The maximum Gasteiger partial charge on any atom is 0.306 e. The number of aryl methyl sites for hydroxylation is 1. The van der Waals surface area contributed by atoms with Crippen LogP contribution in [0.2, 0.25) is 0 Å². The van der Waals surface area contributed by atoms with Crippen molar-refractivity contribution in [2.75, 3.05) is 13.7 Å². The molecule has 2 amide bonds. The first-order valence-electron chi connectivity index (χ1n) is 14.4. The zero-order chi connectivity index (χ0) is 28.7. The number of carbonyl (C=O) groups is 3. The van der Waals surface area contributed by atoms with E-state index in [0.29, 0.717) is 18.6 Å². The van der Waals surface area contributed by atoms with Gasteiger partial charge in [-0.1, -0.05) is 67.3 Å². The number of hydrogen-bond donors (Lipinski definition) is 3. The van der Waals surface area contributed by atoms with Crippen molar-refractivity contribution in [2.24, 2.45) is 5.92 Å². The van der Waals surface area contributed by atoms with E-state index in [1.54, 1.807) is 0 Å². The largest absolute Gasteiger partial charge is 0.493 e. The molecule has 0 saturated heterocycles. The number of carbonyl (C=O) groups excluding carboxylic acids is 3. The molecule has 1 saturated carbocycles. The summed E-state index contributed by atoms with van der Waals surface area (Å²) in [5.41, 5.74) is 2.13. The van der Waals surface area contributed by atoms with Crippen LogP contribution in [0.15, 0.2) is 54.6 Å². The average molecular weight is 553 g/mol. The van der Waals surface area contributed by atoms with Crippen molar-refractivity contribution in [1.82, 2.24) is 10.6 Å². The Hall–Kier alpha value is -3.39. The Balaban J connectivity index is 1.64. The van der Waals surface area contributed by atoms with Gasteiger partial charge in [-0.05, 0) is 56.2 Å². The van der Waals surface area contributed by atoms with E-state index < -0.39 is 18.1 Å². The molecule has 3 atom stereocenters. The van der Waals surface area contributed by atoms with Crippen molar-refractivity contribution >= 4 is 17.8 Å². The minimum atomic E-state index is -0.880. The van der Waals surface area contributed by atoms with Crippen LogP contribution in [0.25, 0.3) is 0 Å². The summed E-state index contributed by atoms with van der Waals surface area (Å²) in [6.45, 7) is 2.23. The molecular weight excluding hydrogens is 508 g/mol. The summed E-state index contributed by atoms with van der Waals surface area (Å²) in [5, 5.41) is 17.6. The summed E-state index contributed by atoms with van der Waals surface area (Å²) < 4.78 is 10.4. The summed E-state index contributed by atoms with van der Waals surface area (Å²) >= 11 is 0. The number of esters is 1. The molecule has 3 N–H and O–H groups in total. The van der Waals surface area contributed by atoms with E-state index in [1.165, 1.54) is 13.5 Å². The SMILES string of the molecule is COC(=O)CCC(=O)N[C@H](C[C@H](O)[C@H](Cc1ccccc1)NC(=O)CCOc1ccc(C)cc1)C1CCCCC1. The van der Waals surface area contributed by atoms with E-state index in [-0.39, 0.29) is 49.6 Å². The Morgan fingerprint density at radius 1 is 0.900 bits per heavy atom. The molecule has 2 aromatic carbocycles. The van der Waals surface area contributed by atoms with Crippen LogP contribution < -0.4 is 15.4 Å². The van der Waals surface area contributed by atoms with Crippen molar-refractivity contribution in [3.05, 3.63) is 65.7 Å². The molecule has 0 heterocycles. The van der Waals surface area contributed by atoms with Gasteiger partial charge in [-0.25, -0.2) is 0 Å². The smallest absolute Gasteiger partial charge is 0.306 e. The summed E-state index contributed by atoms with van der Waals surface area (Å²) in [7, 11) is 1.30. The second kappa shape index (κ2) is 16.7. The van der Waals surface area contributed by atoms with Gasteiger partial charge in [0.2, 0.25) is 11.8 Å². The Kier molecular flexibility index (Phi) is 13.0. The third-order valence-electron chi connectivity index (χ3n) is 7.57. The highest BCUT2D eigenvalue weighted by atomic mass is 16.5. The Morgan fingerprint density at radius 3 is 2.25 bits per heavy atom. The van der Waals surface area contributed by atoms with Gasteiger partial charge in [-0.2, -0.15) is 0 Å². The van der Waals surface area contributed by atoms with Gasteiger partial charge in [0.1, 0.15) is 5.75 Å². The van der Waals surface area contributed by atoms with Gasteiger partial charge in [0.05, 0.1) is 38.7 Å². The topological polar surface area (TPSA) is 114 Å². The van der Waals surface area contributed by atoms with E-state index in [2.05, 4.69) is 15.4 Å². The molecule has 0 spiro atoms. The highest BCUT2D eigenvalue weighted by molar-refractivity contribution is 5.81. The zero-order valence-electron chi connectivity index (χ0n) is 23.8. The molecule has 8 nitrogen and oxygen atoms in total. The number of methoxy groups -OCH3 is 1. The predicted octanol–water partition coefficient (Wildman–Crippen LogP) is 4.26. The van der Waals surface area contributed by atoms with E-state index >= 15 is 0 Å². The second-order valence-corrected chi connectivity index (χ2v) is 10.7. The lowest BCUT2D eigenvalue weighted by molar-refractivity contribution is -0.142. The highest BCUT2D eigenvalue weighted by Gasteiger charge is 2.31. The van der Waals surface area contributed by atoms with E-state index in [1.807, 2.05) is 61.5 Å². The number of hydrogen-bond acceptors (Lipinski definition) is 6. The van der Waals surface area contributed by atoms with Crippen LogP contribution in [0.4, 0.5) is 0 Å². The molecule has 1 aliphatic rings. The molecule has 0 radical (unpaired) electrons. The third kappa shape index (κ3) is 11.0. The Labute approximate surface area is 237 Å². The van der Waals surface area contributed by atoms with E-state index in [4.69, 9.17) is 4.74 Å². The monoisotopic (exact) mass is 552 g/mol. The predicted molar refractivity (Wildman–Crippen MR) is 154 cm³/mol. The first-order chi connectivity index (χ1) is 19.3. The molecule has 1 fully saturated rings. The van der Waals surface area contributed by atoms with Gasteiger partial charge in [-0.15, -0.1) is 0 Å². The number of amides is 2. The fraction of sp³-hybridized carbons (Fsp3) is 0.531. The molecule has 0 unspecified atom stereocenters. The summed E-state index contributed by atoms with van der Waals surface area (Å²) in [4.78, 5) is 37.2. The molecule has 1 aliphatic carbocycles. The maximum atomic E-state index is 12.9. The van der Waals surface area contributed by atoms with Gasteiger partial charge in [-0.3, -0.25) is 14.4 Å². The normalized spacial score (nSPS) is 15.9. The van der Waals surface area contributed by atoms with Crippen LogP contribution in [-0.4, -0.2) is 54.8 Å². The first-order valence-corrected chi connectivity index (χ1v) is 14.4. The number of aliphatic hydroxyl groups excluding tert-OH is 1. The van der Waals surface area contributed by atoms with Crippen molar-refractivity contribution in [3.8, 4) is 5.75 Å². The van der Waals surface area contributed by atoms with E-state index in [9.17, 15) is 19.5 Å². The molecule has 2 aromatic rings. The zero-order valence-corrected chi connectivity index (χ0v) is 23.8. The lowest BCUT2D eigenvalue weighted by Gasteiger charge is -2.34. The van der Waals surface area contributed by atoms with Crippen LogP contribution in [0.3, 0.4) is 0 Å². The molecule has 8 heteroatoms. The quantitative estimate of drug-likeness (QED) is 0.285. The van der Waals surface area contributed by atoms with Crippen molar-refractivity contribution in [3.63, 3.8) is 0 Å². The number of benzene rings is 2. The fourth-order valence-corrected chi connectivity index (χ4v) is 5.25. The number of ether oxygens (including phenoxy) is 2. The Bertz CT molecular complexity index is 1050. The number of aliphatic hydroxyl groups is 1. The first kappa shape index (κ1) is 31.1. The molecule has 0 bridgehead atoms. The molecular formula is C32H44N2O6. The van der Waals surface area contributed by atoms with Crippen LogP contribution in [0, 0.1) is 12.8 Å². The average Bonchev–Trinajstić information content (AvgIpc) is 2.97. The van der Waals surface area contributed by atoms with E-state index in [0.717, 1.165) is 36.8 Å². The lowest BCUT2D eigenvalue weighted by Crippen LogP contribution is -2.50. The van der Waals surface area contributed by atoms with Crippen molar-refractivity contribution < 1.29 is 29.0 Å².